The first-order valence-corrected chi connectivity index (χ1v) is 13.2. The second kappa shape index (κ2) is 7.27. The Kier molecular flexibility index (Phi) is 4.90. The highest BCUT2D eigenvalue weighted by atomic mass is 16.6. The van der Waals surface area contributed by atoms with Crippen LogP contribution in [0.5, 0.6) is 0 Å². The van der Waals surface area contributed by atoms with Gasteiger partial charge < -0.3 is 19.7 Å². The molecule has 4 aliphatic carbocycles. The van der Waals surface area contributed by atoms with E-state index in [1.54, 1.807) is 12.2 Å². The van der Waals surface area contributed by atoms with Gasteiger partial charge in [-0.05, 0) is 93.1 Å². The first-order chi connectivity index (χ1) is 16.1. The third-order valence-corrected chi connectivity index (χ3v) is 11.6. The highest BCUT2D eigenvalue weighted by Gasteiger charge is 2.80. The zero-order valence-electron chi connectivity index (χ0n) is 20.8. The summed E-state index contributed by atoms with van der Waals surface area (Å²) in [6, 6.07) is 0. The number of cyclic esters (lactones) is 1. The van der Waals surface area contributed by atoms with Crippen molar-refractivity contribution in [2.45, 2.75) is 90.1 Å². The van der Waals surface area contributed by atoms with E-state index in [-0.39, 0.29) is 47.8 Å². The fourth-order valence-electron chi connectivity index (χ4n) is 9.69. The van der Waals surface area contributed by atoms with Crippen LogP contribution in [-0.4, -0.2) is 52.5 Å². The van der Waals surface area contributed by atoms with Gasteiger partial charge in [-0.2, -0.15) is 0 Å². The highest BCUT2D eigenvalue weighted by Crippen LogP contribution is 2.73. The van der Waals surface area contributed by atoms with Gasteiger partial charge in [-0.1, -0.05) is 19.4 Å². The molecule has 2 N–H and O–H groups in total. The van der Waals surface area contributed by atoms with Crippen molar-refractivity contribution < 1.29 is 29.3 Å². The lowest BCUT2D eigenvalue weighted by molar-refractivity contribution is -0.155. The zero-order chi connectivity index (χ0) is 24.2. The normalized spacial score (nSPS) is 52.4. The monoisotopic (exact) mass is 470 g/mol. The number of allylic oxidation sites excluding steroid dienone is 1. The summed E-state index contributed by atoms with van der Waals surface area (Å²) in [7, 11) is 0. The van der Waals surface area contributed by atoms with Crippen LogP contribution in [0.3, 0.4) is 0 Å². The fraction of sp³-hybridized carbons (Fsp3) is 0.786. The van der Waals surface area contributed by atoms with Crippen LogP contribution in [0.4, 0.5) is 0 Å². The highest BCUT2D eigenvalue weighted by molar-refractivity contribution is 5.98. The summed E-state index contributed by atoms with van der Waals surface area (Å²) in [5.41, 5.74) is 0.129. The van der Waals surface area contributed by atoms with Crippen molar-refractivity contribution in [3.8, 4) is 0 Å². The second-order valence-corrected chi connectivity index (χ2v) is 12.5. The van der Waals surface area contributed by atoms with Crippen LogP contribution in [0.25, 0.3) is 0 Å². The number of ketones is 1. The molecule has 0 aromatic heterocycles. The Morgan fingerprint density at radius 3 is 2.65 bits per heavy atom. The van der Waals surface area contributed by atoms with E-state index in [4.69, 9.17) is 9.47 Å². The molecule has 3 saturated carbocycles. The Labute approximate surface area is 201 Å². The Balaban J connectivity index is 1.27. The first kappa shape index (κ1) is 22.9. The van der Waals surface area contributed by atoms with Crippen molar-refractivity contribution in [1.29, 1.82) is 0 Å². The second-order valence-electron chi connectivity index (χ2n) is 12.5. The number of carbonyl (C=O) groups is 2. The minimum atomic E-state index is -0.719. The lowest BCUT2D eigenvalue weighted by Crippen LogP contribution is -2.63. The molecule has 1 spiro atoms. The largest absolute Gasteiger partial charge is 0.458 e. The summed E-state index contributed by atoms with van der Waals surface area (Å²) < 4.78 is 12.1. The molecule has 2 aliphatic heterocycles. The van der Waals surface area contributed by atoms with E-state index < -0.39 is 17.1 Å². The van der Waals surface area contributed by atoms with E-state index in [0.29, 0.717) is 29.7 Å². The van der Waals surface area contributed by atoms with Gasteiger partial charge in [0.2, 0.25) is 0 Å². The lowest BCUT2D eigenvalue weighted by atomic mass is 9.44. The van der Waals surface area contributed by atoms with Gasteiger partial charge in [0.05, 0.1) is 23.7 Å². The SMILES string of the molecule is CC1=C(CO)C(=O)O[C@H]([C@@H](C)[C@@H]2CC[C@H]3[C@@H]4C[C@H]5O[C@]56[C@@H](O)C=CC(=O)[C@]6(C)[C@@H]4CC[C@]23C)C1. The van der Waals surface area contributed by atoms with Crippen molar-refractivity contribution in [2.24, 2.45) is 40.4 Å². The molecule has 186 valence electrons. The minimum Gasteiger partial charge on any atom is -0.458 e. The average molecular weight is 471 g/mol. The van der Waals surface area contributed by atoms with Crippen molar-refractivity contribution in [2.75, 3.05) is 6.61 Å². The number of carbonyl (C=O) groups excluding carboxylic acids is 2. The van der Waals surface area contributed by atoms with Crippen LogP contribution >= 0.6 is 0 Å². The zero-order valence-corrected chi connectivity index (χ0v) is 20.8. The summed E-state index contributed by atoms with van der Waals surface area (Å²) >= 11 is 0. The standard InChI is InChI=1S/C28H38O6/c1-14-11-21(33-25(32)17(14)13-29)15(2)18-5-6-19-16-12-24-28(34-24)23(31)8-7-22(30)27(28,4)20(16)9-10-26(18,19)3/h7-8,15-16,18-21,23-24,29,31H,5-6,9-13H2,1-4H3/t15-,16-,18-,19-,20+,21-,23-,24+,26+,27-,28+/m0/s1. The van der Waals surface area contributed by atoms with Gasteiger partial charge in [0.1, 0.15) is 17.8 Å². The van der Waals surface area contributed by atoms with Gasteiger partial charge in [-0.25, -0.2) is 4.79 Å². The predicted molar refractivity (Wildman–Crippen MR) is 124 cm³/mol. The molecule has 6 rings (SSSR count). The summed E-state index contributed by atoms with van der Waals surface area (Å²) in [6.07, 6.45) is 8.23. The Morgan fingerprint density at radius 2 is 1.94 bits per heavy atom. The number of esters is 1. The number of hydrogen-bond donors (Lipinski definition) is 2. The molecular weight excluding hydrogens is 432 g/mol. The molecule has 4 fully saturated rings. The number of aliphatic hydroxyl groups excluding tert-OH is 2. The van der Waals surface area contributed by atoms with Crippen LogP contribution in [-0.2, 0) is 19.1 Å². The summed E-state index contributed by atoms with van der Waals surface area (Å²) in [5, 5.41) is 20.4. The molecule has 11 atom stereocenters. The van der Waals surface area contributed by atoms with Gasteiger partial charge in [-0.3, -0.25) is 4.79 Å². The van der Waals surface area contributed by atoms with Crippen molar-refractivity contribution in [1.82, 2.24) is 0 Å². The predicted octanol–water partition coefficient (Wildman–Crippen LogP) is 3.35. The molecule has 0 amide bonds. The Morgan fingerprint density at radius 1 is 1.18 bits per heavy atom. The number of fused-ring (bicyclic) bond motifs is 4. The molecule has 0 aromatic carbocycles. The molecule has 0 aromatic rings. The summed E-state index contributed by atoms with van der Waals surface area (Å²) in [4.78, 5) is 25.8. The fourth-order valence-corrected chi connectivity index (χ4v) is 9.69. The average Bonchev–Trinajstić information content (AvgIpc) is 3.43. The minimum absolute atomic E-state index is 0.0366. The third-order valence-electron chi connectivity index (χ3n) is 11.6. The van der Waals surface area contributed by atoms with E-state index in [1.165, 1.54) is 0 Å². The molecule has 6 aliphatic rings. The van der Waals surface area contributed by atoms with E-state index in [0.717, 1.165) is 37.7 Å². The van der Waals surface area contributed by atoms with E-state index in [2.05, 4.69) is 20.8 Å². The number of rotatable bonds is 3. The summed E-state index contributed by atoms with van der Waals surface area (Å²) in [5.74, 6) is 1.61. The third kappa shape index (κ3) is 2.63. The molecule has 0 radical (unpaired) electrons. The van der Waals surface area contributed by atoms with Crippen molar-refractivity contribution >= 4 is 11.8 Å². The van der Waals surface area contributed by atoms with Gasteiger partial charge in [-0.15, -0.1) is 0 Å². The van der Waals surface area contributed by atoms with Crippen LogP contribution in [0.15, 0.2) is 23.3 Å². The number of epoxide rings is 1. The van der Waals surface area contributed by atoms with E-state index in [9.17, 15) is 19.8 Å². The summed E-state index contributed by atoms with van der Waals surface area (Å²) in [6.45, 7) is 8.41. The molecule has 1 saturated heterocycles. The van der Waals surface area contributed by atoms with Gasteiger partial charge in [0.25, 0.3) is 0 Å². The Hall–Kier alpha value is -1.50. The number of aliphatic hydroxyl groups is 2. The van der Waals surface area contributed by atoms with Gasteiger partial charge >= 0.3 is 5.97 Å². The van der Waals surface area contributed by atoms with Crippen molar-refractivity contribution in [3.63, 3.8) is 0 Å². The van der Waals surface area contributed by atoms with E-state index >= 15 is 0 Å². The number of hydrogen-bond acceptors (Lipinski definition) is 6. The lowest BCUT2D eigenvalue weighted by Gasteiger charge is -2.58. The maximum absolute atomic E-state index is 13.3. The van der Waals surface area contributed by atoms with Crippen LogP contribution in [0, 0.1) is 40.4 Å². The van der Waals surface area contributed by atoms with Crippen LogP contribution in [0.2, 0.25) is 0 Å². The van der Waals surface area contributed by atoms with Crippen LogP contribution in [0.1, 0.15) is 66.2 Å². The van der Waals surface area contributed by atoms with Gasteiger partial charge in [0, 0.05) is 6.42 Å². The smallest absolute Gasteiger partial charge is 0.336 e. The Bertz CT molecular complexity index is 999. The van der Waals surface area contributed by atoms with Gasteiger partial charge in [0.15, 0.2) is 5.78 Å². The molecule has 6 nitrogen and oxygen atoms in total. The number of ether oxygens (including phenoxy) is 2. The van der Waals surface area contributed by atoms with E-state index in [1.807, 2.05) is 6.92 Å². The quantitative estimate of drug-likeness (QED) is 0.485. The first-order valence-electron chi connectivity index (χ1n) is 13.2. The topological polar surface area (TPSA) is 96.4 Å². The molecular formula is C28H38O6. The van der Waals surface area contributed by atoms with Crippen molar-refractivity contribution in [3.05, 3.63) is 23.3 Å². The molecule has 2 heterocycles. The molecule has 34 heavy (non-hydrogen) atoms. The maximum atomic E-state index is 13.3. The van der Waals surface area contributed by atoms with Crippen LogP contribution < -0.4 is 0 Å². The maximum Gasteiger partial charge on any atom is 0.336 e. The molecule has 0 bridgehead atoms. The molecule has 6 heteroatoms. The molecule has 0 unspecified atom stereocenters.